The molecule has 0 spiro atoms. The molecule has 0 fully saturated rings. The van der Waals surface area contributed by atoms with Gasteiger partial charge in [-0.25, -0.2) is 0 Å². The van der Waals surface area contributed by atoms with Crippen LogP contribution in [0.15, 0.2) is 47.4 Å². The average molecular weight is 302 g/mol. The highest BCUT2D eigenvalue weighted by atomic mass is 32.2. The second-order valence-electron chi connectivity index (χ2n) is 4.95. The monoisotopic (exact) mass is 302 g/mol. The molecular formula is C16H18N2O2S. The molecule has 5 heteroatoms. The van der Waals surface area contributed by atoms with Crippen LogP contribution in [0.25, 0.3) is 0 Å². The first kappa shape index (κ1) is 15.3. The molecule has 4 nitrogen and oxygen atoms in total. The number of nitrogens with two attached hydrogens (primary N) is 1. The van der Waals surface area contributed by atoms with Gasteiger partial charge in [0.05, 0.1) is 15.7 Å². The van der Waals surface area contributed by atoms with Gasteiger partial charge in [-0.05, 0) is 43.7 Å². The molecule has 1 unspecified atom stereocenters. The first-order valence-electron chi connectivity index (χ1n) is 6.57. The maximum Gasteiger partial charge on any atom is 0.237 e. The molecule has 0 aliphatic carbocycles. The molecule has 0 bridgehead atoms. The first-order valence-corrected chi connectivity index (χ1v) is 7.88. The molecule has 1 amide bonds. The molecule has 0 radical (unpaired) electrons. The van der Waals surface area contributed by atoms with Crippen molar-refractivity contribution in [1.29, 1.82) is 0 Å². The van der Waals surface area contributed by atoms with E-state index in [0.29, 0.717) is 16.3 Å². The Balaban J connectivity index is 2.03. The van der Waals surface area contributed by atoms with E-state index in [4.69, 9.17) is 5.73 Å². The fourth-order valence-electron chi connectivity index (χ4n) is 1.87. The van der Waals surface area contributed by atoms with Crippen LogP contribution < -0.4 is 11.1 Å². The smallest absolute Gasteiger partial charge is 0.237 e. The van der Waals surface area contributed by atoms with Crippen LogP contribution in [0, 0.1) is 13.8 Å². The van der Waals surface area contributed by atoms with Crippen LogP contribution in [0.2, 0.25) is 0 Å². The molecule has 2 rings (SSSR count). The molecule has 0 saturated carbocycles. The number of benzene rings is 2. The number of hydrogen-bond donors (Lipinski definition) is 2. The van der Waals surface area contributed by atoms with Crippen molar-refractivity contribution in [1.82, 2.24) is 0 Å². The van der Waals surface area contributed by atoms with Crippen LogP contribution >= 0.6 is 0 Å². The molecule has 2 aromatic carbocycles. The van der Waals surface area contributed by atoms with Crippen LogP contribution in [0.4, 0.5) is 11.4 Å². The van der Waals surface area contributed by atoms with Crippen LogP contribution in [0.3, 0.4) is 0 Å². The third kappa shape index (κ3) is 4.16. The van der Waals surface area contributed by atoms with E-state index < -0.39 is 10.8 Å². The van der Waals surface area contributed by atoms with Crippen molar-refractivity contribution in [3.63, 3.8) is 0 Å². The lowest BCUT2D eigenvalue weighted by molar-refractivity contribution is -0.113. The zero-order chi connectivity index (χ0) is 15.4. The van der Waals surface area contributed by atoms with Crippen LogP contribution in [0.1, 0.15) is 11.1 Å². The maximum absolute atomic E-state index is 12.2. The normalized spacial score (nSPS) is 11.9. The Morgan fingerprint density at radius 3 is 2.38 bits per heavy atom. The van der Waals surface area contributed by atoms with E-state index in [1.807, 2.05) is 44.2 Å². The number of anilines is 2. The van der Waals surface area contributed by atoms with E-state index >= 15 is 0 Å². The van der Waals surface area contributed by atoms with Gasteiger partial charge in [-0.3, -0.25) is 9.00 Å². The second-order valence-corrected chi connectivity index (χ2v) is 6.36. The lowest BCUT2D eigenvalue weighted by atomic mass is 10.2. The summed E-state index contributed by atoms with van der Waals surface area (Å²) in [6, 6.07) is 12.8. The van der Waals surface area contributed by atoms with Gasteiger partial charge in [0.25, 0.3) is 0 Å². The minimum absolute atomic E-state index is 0.110. The van der Waals surface area contributed by atoms with Crippen molar-refractivity contribution in [3.8, 4) is 0 Å². The molecule has 0 aromatic heterocycles. The van der Waals surface area contributed by atoms with Gasteiger partial charge < -0.3 is 11.1 Å². The average Bonchev–Trinajstić information content (AvgIpc) is 2.44. The van der Waals surface area contributed by atoms with Crippen molar-refractivity contribution in [2.75, 3.05) is 16.8 Å². The SMILES string of the molecule is Cc1ccc(NC(=O)CS(=O)c2cc(C)ccc2N)cc1. The number of carbonyl (C=O) groups is 1. The van der Waals surface area contributed by atoms with E-state index in [1.165, 1.54) is 0 Å². The largest absolute Gasteiger partial charge is 0.398 e. The highest BCUT2D eigenvalue weighted by Gasteiger charge is 2.13. The lowest BCUT2D eigenvalue weighted by Crippen LogP contribution is -2.20. The van der Waals surface area contributed by atoms with Crippen molar-refractivity contribution < 1.29 is 9.00 Å². The summed E-state index contributed by atoms with van der Waals surface area (Å²) in [5.41, 5.74) is 9.03. The molecule has 110 valence electrons. The van der Waals surface area contributed by atoms with E-state index in [9.17, 15) is 9.00 Å². The molecule has 0 aliphatic rings. The predicted octanol–water partition coefficient (Wildman–Crippen LogP) is 2.63. The topological polar surface area (TPSA) is 72.2 Å². The molecular weight excluding hydrogens is 284 g/mol. The maximum atomic E-state index is 12.2. The third-order valence-corrected chi connectivity index (χ3v) is 4.38. The summed E-state index contributed by atoms with van der Waals surface area (Å²) in [6.45, 7) is 3.87. The molecule has 0 aliphatic heterocycles. The van der Waals surface area contributed by atoms with E-state index in [2.05, 4.69) is 5.32 Å². The Kier molecular flexibility index (Phi) is 4.75. The van der Waals surface area contributed by atoms with Gasteiger partial charge in [0.15, 0.2) is 0 Å². The van der Waals surface area contributed by atoms with Crippen LogP contribution in [-0.2, 0) is 15.6 Å². The molecule has 1 atom stereocenters. The van der Waals surface area contributed by atoms with Crippen molar-refractivity contribution in [3.05, 3.63) is 53.6 Å². The molecule has 2 aromatic rings. The number of nitrogens with one attached hydrogen (secondary N) is 1. The zero-order valence-corrected chi connectivity index (χ0v) is 12.9. The second kappa shape index (κ2) is 6.54. The van der Waals surface area contributed by atoms with Crippen molar-refractivity contribution in [2.45, 2.75) is 18.7 Å². The summed E-state index contributed by atoms with van der Waals surface area (Å²) < 4.78 is 12.2. The van der Waals surface area contributed by atoms with Gasteiger partial charge in [0.1, 0.15) is 5.75 Å². The van der Waals surface area contributed by atoms with Crippen LogP contribution in [-0.4, -0.2) is 15.9 Å². The Bertz CT molecular complexity index is 681. The van der Waals surface area contributed by atoms with Gasteiger partial charge in [-0.2, -0.15) is 0 Å². The molecule has 21 heavy (non-hydrogen) atoms. The summed E-state index contributed by atoms with van der Waals surface area (Å²) in [4.78, 5) is 12.4. The van der Waals surface area contributed by atoms with E-state index in [0.717, 1.165) is 11.1 Å². The highest BCUT2D eigenvalue weighted by Crippen LogP contribution is 2.18. The standard InChI is InChI=1S/C16H18N2O2S/c1-11-3-6-13(7-4-11)18-16(19)10-21(20)15-9-12(2)5-8-14(15)17/h3-9H,10,17H2,1-2H3,(H,18,19). The Morgan fingerprint density at radius 1 is 1.10 bits per heavy atom. The zero-order valence-electron chi connectivity index (χ0n) is 12.1. The van der Waals surface area contributed by atoms with Gasteiger partial charge in [-0.1, -0.05) is 23.8 Å². The summed E-state index contributed by atoms with van der Waals surface area (Å²) in [6.07, 6.45) is 0. The van der Waals surface area contributed by atoms with Crippen molar-refractivity contribution in [2.24, 2.45) is 0 Å². The molecule has 0 saturated heterocycles. The van der Waals surface area contributed by atoms with Crippen LogP contribution in [0.5, 0.6) is 0 Å². The van der Waals surface area contributed by atoms with E-state index in [1.54, 1.807) is 12.1 Å². The number of aryl methyl sites for hydroxylation is 2. The number of nitrogen functional groups attached to an aromatic ring is 1. The van der Waals surface area contributed by atoms with Gasteiger partial charge in [-0.15, -0.1) is 0 Å². The number of rotatable bonds is 4. The fourth-order valence-corrected chi connectivity index (χ4v) is 2.98. The third-order valence-electron chi connectivity index (χ3n) is 3.01. The fraction of sp³-hybridized carbons (Fsp3) is 0.188. The minimum atomic E-state index is -1.45. The van der Waals surface area contributed by atoms with Gasteiger partial charge in [0, 0.05) is 11.4 Å². The summed E-state index contributed by atoms with van der Waals surface area (Å²) in [7, 11) is -1.45. The quantitative estimate of drug-likeness (QED) is 0.853. The predicted molar refractivity (Wildman–Crippen MR) is 86.7 cm³/mol. The molecule has 3 N–H and O–H groups in total. The van der Waals surface area contributed by atoms with Crippen molar-refractivity contribution >= 4 is 28.1 Å². The summed E-state index contributed by atoms with van der Waals surface area (Å²) >= 11 is 0. The minimum Gasteiger partial charge on any atom is -0.398 e. The van der Waals surface area contributed by atoms with E-state index in [-0.39, 0.29) is 11.7 Å². The number of amides is 1. The summed E-state index contributed by atoms with van der Waals surface area (Å²) in [5.74, 6) is -0.403. The lowest BCUT2D eigenvalue weighted by Gasteiger charge is -2.08. The number of carbonyl (C=O) groups excluding carboxylic acids is 1. The van der Waals surface area contributed by atoms with Gasteiger partial charge in [0.2, 0.25) is 5.91 Å². The van der Waals surface area contributed by atoms with Gasteiger partial charge >= 0.3 is 0 Å². The first-order chi connectivity index (χ1) is 9.95. The Labute approximate surface area is 126 Å². The Morgan fingerprint density at radius 2 is 1.71 bits per heavy atom. The summed E-state index contributed by atoms with van der Waals surface area (Å²) in [5, 5.41) is 2.73. The number of hydrogen-bond acceptors (Lipinski definition) is 3. The molecule has 0 heterocycles. The Hall–Kier alpha value is -2.14. The highest BCUT2D eigenvalue weighted by molar-refractivity contribution is 7.86.